The highest BCUT2D eigenvalue weighted by molar-refractivity contribution is 5.76. The van der Waals surface area contributed by atoms with E-state index in [1.165, 1.54) is 13.8 Å². The first-order valence-electron chi connectivity index (χ1n) is 5.99. The van der Waals surface area contributed by atoms with E-state index in [0.29, 0.717) is 19.4 Å². The lowest BCUT2D eigenvalue weighted by atomic mass is 10.0. The third-order valence-corrected chi connectivity index (χ3v) is 1.99. The van der Waals surface area contributed by atoms with E-state index in [1.807, 2.05) is 13.8 Å². The van der Waals surface area contributed by atoms with Crippen LogP contribution in [0.1, 0.15) is 47.0 Å². The number of carboxylic acid groups (broad SMARTS) is 1. The lowest BCUT2D eigenvalue weighted by molar-refractivity contribution is -0.157. The molecule has 6 nitrogen and oxygen atoms in total. The number of aliphatic hydroxyl groups excluding tert-OH is 1. The largest absolute Gasteiger partial charge is 0.479 e. The minimum absolute atomic E-state index is 0.308. The monoisotopic (exact) mass is 264 g/mol. The second-order valence-corrected chi connectivity index (χ2v) is 4.17. The summed E-state index contributed by atoms with van der Waals surface area (Å²) in [7, 11) is 0. The fourth-order valence-corrected chi connectivity index (χ4v) is 0.917. The van der Waals surface area contributed by atoms with Gasteiger partial charge in [0.05, 0.1) is 6.61 Å². The molecule has 108 valence electrons. The Labute approximate surface area is 108 Å². The smallest absolute Gasteiger partial charge is 0.335 e. The zero-order valence-electron chi connectivity index (χ0n) is 11.5. The van der Waals surface area contributed by atoms with Crippen molar-refractivity contribution in [3.8, 4) is 0 Å². The van der Waals surface area contributed by atoms with Gasteiger partial charge in [0.15, 0.2) is 5.60 Å². The highest BCUT2D eigenvalue weighted by Gasteiger charge is 2.27. The van der Waals surface area contributed by atoms with Crippen molar-refractivity contribution < 1.29 is 29.6 Å². The summed E-state index contributed by atoms with van der Waals surface area (Å²) < 4.78 is 4.56. The second-order valence-electron chi connectivity index (χ2n) is 4.17. The van der Waals surface area contributed by atoms with Crippen LogP contribution in [0.4, 0.5) is 0 Å². The van der Waals surface area contributed by atoms with Gasteiger partial charge in [-0.25, -0.2) is 9.59 Å². The van der Waals surface area contributed by atoms with Gasteiger partial charge in [-0.15, -0.1) is 0 Å². The van der Waals surface area contributed by atoms with Crippen LogP contribution in [0.2, 0.25) is 0 Å². The molecule has 6 heteroatoms. The molecule has 18 heavy (non-hydrogen) atoms. The van der Waals surface area contributed by atoms with Crippen molar-refractivity contribution in [1.29, 1.82) is 0 Å². The molecule has 0 aromatic rings. The Morgan fingerprint density at radius 3 is 2.00 bits per heavy atom. The molecule has 0 aromatic carbocycles. The lowest BCUT2D eigenvalue weighted by Gasteiger charge is -2.15. The van der Waals surface area contributed by atoms with Gasteiger partial charge in [0, 0.05) is 0 Å². The van der Waals surface area contributed by atoms with E-state index in [4.69, 9.17) is 15.3 Å². The van der Waals surface area contributed by atoms with E-state index < -0.39 is 23.6 Å². The van der Waals surface area contributed by atoms with Gasteiger partial charge in [-0.1, -0.05) is 20.3 Å². The van der Waals surface area contributed by atoms with Crippen molar-refractivity contribution in [2.24, 2.45) is 0 Å². The molecule has 0 saturated heterocycles. The average molecular weight is 264 g/mol. The number of ether oxygens (including phenoxy) is 1. The van der Waals surface area contributed by atoms with Gasteiger partial charge in [-0.3, -0.25) is 0 Å². The van der Waals surface area contributed by atoms with Gasteiger partial charge >= 0.3 is 11.9 Å². The molecular formula is C12H24O6. The molecule has 0 heterocycles. The molecule has 0 spiro atoms. The van der Waals surface area contributed by atoms with E-state index in [2.05, 4.69) is 4.74 Å². The first kappa shape index (κ1) is 19.2. The summed E-state index contributed by atoms with van der Waals surface area (Å²) in [6.45, 7) is 6.81. The summed E-state index contributed by atoms with van der Waals surface area (Å²) in [5.74, 6) is -1.69. The van der Waals surface area contributed by atoms with Crippen LogP contribution in [-0.4, -0.2) is 45.6 Å². The maximum atomic E-state index is 10.4. The van der Waals surface area contributed by atoms with E-state index in [0.717, 1.165) is 6.42 Å². The third-order valence-electron chi connectivity index (χ3n) is 1.99. The number of esters is 1. The molecule has 0 aliphatic heterocycles. The predicted molar refractivity (Wildman–Crippen MR) is 66.1 cm³/mol. The van der Waals surface area contributed by atoms with Crippen LogP contribution in [-0.2, 0) is 14.3 Å². The fourth-order valence-electron chi connectivity index (χ4n) is 0.917. The summed E-state index contributed by atoms with van der Waals surface area (Å²) in [5, 5.41) is 25.9. The molecule has 0 fully saturated rings. The predicted octanol–water partition coefficient (Wildman–Crippen LogP) is 0.943. The van der Waals surface area contributed by atoms with Crippen LogP contribution in [0.25, 0.3) is 0 Å². The van der Waals surface area contributed by atoms with Crippen LogP contribution in [0.15, 0.2) is 0 Å². The van der Waals surface area contributed by atoms with Gasteiger partial charge in [0.1, 0.15) is 6.10 Å². The first-order chi connectivity index (χ1) is 8.18. The quantitative estimate of drug-likeness (QED) is 0.617. The molecule has 0 aliphatic rings. The zero-order chi connectivity index (χ0) is 14.8. The maximum absolute atomic E-state index is 10.4. The lowest BCUT2D eigenvalue weighted by Crippen LogP contribution is -2.34. The van der Waals surface area contributed by atoms with Gasteiger partial charge in [-0.2, -0.15) is 0 Å². The van der Waals surface area contributed by atoms with Crippen molar-refractivity contribution in [2.75, 3.05) is 6.61 Å². The Morgan fingerprint density at radius 1 is 1.28 bits per heavy atom. The molecule has 0 aliphatic carbocycles. The van der Waals surface area contributed by atoms with Gasteiger partial charge in [0.2, 0.25) is 0 Å². The standard InChI is InChI=1S/2C6H12O3/c1-3-4-6(2,9)5(7)8;1-3-4-9-6(8)5(2)7/h9H,3-4H2,1-2H3,(H,7,8);5,7H,3-4H2,1-2H3. The Bertz CT molecular complexity index is 245. The number of aliphatic carboxylic acids is 1. The molecule has 2 atom stereocenters. The number of carbonyl (C=O) groups is 2. The first-order valence-corrected chi connectivity index (χ1v) is 5.99. The van der Waals surface area contributed by atoms with Crippen LogP contribution in [0.5, 0.6) is 0 Å². The number of carboxylic acids is 1. The number of carbonyl (C=O) groups excluding carboxylic acids is 1. The van der Waals surface area contributed by atoms with E-state index in [-0.39, 0.29) is 0 Å². The molecule has 0 saturated carbocycles. The van der Waals surface area contributed by atoms with Crippen molar-refractivity contribution in [1.82, 2.24) is 0 Å². The average Bonchev–Trinajstić information content (AvgIpc) is 2.26. The van der Waals surface area contributed by atoms with Crippen LogP contribution >= 0.6 is 0 Å². The third kappa shape index (κ3) is 10.0. The van der Waals surface area contributed by atoms with Crippen LogP contribution in [0, 0.1) is 0 Å². The molecule has 0 amide bonds. The summed E-state index contributed by atoms with van der Waals surface area (Å²) >= 11 is 0. The van der Waals surface area contributed by atoms with Crippen LogP contribution < -0.4 is 0 Å². The number of rotatable bonds is 6. The summed E-state index contributed by atoms with van der Waals surface area (Å²) in [4.78, 5) is 20.6. The summed E-state index contributed by atoms with van der Waals surface area (Å²) in [6.07, 6.45) is 0.789. The van der Waals surface area contributed by atoms with E-state index in [9.17, 15) is 9.59 Å². The molecule has 0 bridgehead atoms. The molecular weight excluding hydrogens is 240 g/mol. The zero-order valence-corrected chi connectivity index (χ0v) is 11.5. The Kier molecular flexibility index (Phi) is 10.5. The fraction of sp³-hybridized carbons (Fsp3) is 0.833. The van der Waals surface area contributed by atoms with E-state index in [1.54, 1.807) is 0 Å². The van der Waals surface area contributed by atoms with Crippen molar-refractivity contribution in [3.63, 3.8) is 0 Å². The minimum Gasteiger partial charge on any atom is -0.479 e. The van der Waals surface area contributed by atoms with Crippen molar-refractivity contribution >= 4 is 11.9 Å². The molecule has 0 aromatic heterocycles. The molecule has 0 rings (SSSR count). The van der Waals surface area contributed by atoms with Crippen LogP contribution in [0.3, 0.4) is 0 Å². The van der Waals surface area contributed by atoms with Gasteiger partial charge in [-0.05, 0) is 26.7 Å². The number of aliphatic hydroxyl groups is 2. The molecule has 0 radical (unpaired) electrons. The van der Waals surface area contributed by atoms with Gasteiger partial charge < -0.3 is 20.1 Å². The summed E-state index contributed by atoms with van der Waals surface area (Å²) in [5.41, 5.74) is -1.53. The van der Waals surface area contributed by atoms with Crippen molar-refractivity contribution in [3.05, 3.63) is 0 Å². The van der Waals surface area contributed by atoms with Gasteiger partial charge in [0.25, 0.3) is 0 Å². The minimum atomic E-state index is -1.53. The Morgan fingerprint density at radius 2 is 1.78 bits per heavy atom. The normalized spacial score (nSPS) is 14.8. The second kappa shape index (κ2) is 9.85. The SMILES string of the molecule is CCCC(C)(O)C(=O)O.CCCOC(=O)C(C)O. The number of hydrogen-bond donors (Lipinski definition) is 3. The van der Waals surface area contributed by atoms with E-state index >= 15 is 0 Å². The maximum Gasteiger partial charge on any atom is 0.335 e. The van der Waals surface area contributed by atoms with Crippen molar-refractivity contribution in [2.45, 2.75) is 58.7 Å². The Balaban J connectivity index is 0. The topological polar surface area (TPSA) is 104 Å². The summed E-state index contributed by atoms with van der Waals surface area (Å²) in [6, 6.07) is 0. The highest BCUT2D eigenvalue weighted by atomic mass is 16.5. The molecule has 3 N–H and O–H groups in total. The number of hydrogen-bond acceptors (Lipinski definition) is 5. The highest BCUT2D eigenvalue weighted by Crippen LogP contribution is 2.10. The molecule has 2 unspecified atom stereocenters. The Hall–Kier alpha value is -1.14.